The maximum atomic E-state index is 11.8. The highest BCUT2D eigenvalue weighted by Gasteiger charge is 2.31. The molecule has 0 atom stereocenters. The highest BCUT2D eigenvalue weighted by molar-refractivity contribution is 5.03. The van der Waals surface area contributed by atoms with E-state index in [2.05, 4.69) is 5.43 Å². The lowest BCUT2D eigenvalue weighted by Gasteiger charge is -2.21. The molecule has 0 aromatic carbocycles. The Labute approximate surface area is 62.6 Å². The molecule has 0 aliphatic carbocycles. The third kappa shape index (κ3) is 2.42. The fourth-order valence-electron chi connectivity index (χ4n) is 0.898. The van der Waals surface area contributed by atoms with Crippen LogP contribution in [0.5, 0.6) is 0 Å². The molecule has 0 radical (unpaired) electrons. The Morgan fingerprint density at radius 1 is 1.64 bits per heavy atom. The summed E-state index contributed by atoms with van der Waals surface area (Å²) in [6.07, 6.45) is -2.42. The van der Waals surface area contributed by atoms with Crippen LogP contribution in [-0.4, -0.2) is 24.3 Å². The predicted molar refractivity (Wildman–Crippen MR) is 34.5 cm³/mol. The molecule has 2 nitrogen and oxygen atoms in total. The smallest absolute Gasteiger partial charge is 0.304 e. The molecule has 1 aliphatic heterocycles. The number of hydrazine groups is 1. The molecule has 0 unspecified atom stereocenters. The molecule has 1 aliphatic rings. The Bertz CT molecular complexity index is 173. The van der Waals surface area contributed by atoms with Gasteiger partial charge < -0.3 is 5.01 Å². The molecule has 0 spiro atoms. The van der Waals surface area contributed by atoms with Crippen LogP contribution in [0.25, 0.3) is 0 Å². The molecule has 5 heteroatoms. The van der Waals surface area contributed by atoms with Crippen molar-refractivity contribution in [3.05, 3.63) is 11.8 Å². The fraction of sp³-hybridized carbons (Fsp3) is 0.667. The Balaban J connectivity index is 2.45. The van der Waals surface area contributed by atoms with Crippen molar-refractivity contribution in [3.63, 3.8) is 0 Å². The van der Waals surface area contributed by atoms with Crippen LogP contribution in [-0.2, 0) is 0 Å². The van der Waals surface area contributed by atoms with Crippen LogP contribution in [0.1, 0.15) is 6.92 Å². The number of alkyl halides is 3. The normalized spacial score (nSPS) is 18.9. The molecule has 1 N–H and O–H groups in total. The van der Waals surface area contributed by atoms with Gasteiger partial charge in [0.15, 0.2) is 0 Å². The van der Waals surface area contributed by atoms with Crippen molar-refractivity contribution < 1.29 is 13.2 Å². The molecule has 0 saturated heterocycles. The SMILES string of the molecule is CC1=CCNN1CC(F)(F)F. The first-order chi connectivity index (χ1) is 4.99. The highest BCUT2D eigenvalue weighted by atomic mass is 19.4. The summed E-state index contributed by atoms with van der Waals surface area (Å²) in [5, 5.41) is 1.10. The minimum atomic E-state index is -4.13. The number of nitrogens with zero attached hydrogens (tertiary/aromatic N) is 1. The second kappa shape index (κ2) is 2.73. The van der Waals surface area contributed by atoms with Gasteiger partial charge in [0, 0.05) is 12.2 Å². The molecule has 0 amide bonds. The quantitative estimate of drug-likeness (QED) is 0.631. The van der Waals surface area contributed by atoms with Crippen LogP contribution in [0.15, 0.2) is 11.8 Å². The minimum Gasteiger partial charge on any atom is -0.304 e. The van der Waals surface area contributed by atoms with E-state index < -0.39 is 12.7 Å². The van der Waals surface area contributed by atoms with Crippen molar-refractivity contribution in [1.82, 2.24) is 10.4 Å². The zero-order chi connectivity index (χ0) is 8.48. The molecule has 0 fully saturated rings. The second-order valence-corrected chi connectivity index (χ2v) is 2.41. The van der Waals surface area contributed by atoms with Gasteiger partial charge in [-0.25, -0.2) is 5.43 Å². The first-order valence-corrected chi connectivity index (χ1v) is 3.23. The molecule has 0 saturated carbocycles. The Morgan fingerprint density at radius 3 is 2.64 bits per heavy atom. The number of halogens is 3. The molecular formula is C6H9F3N2. The minimum absolute atomic E-state index is 0.488. The van der Waals surface area contributed by atoms with Crippen molar-refractivity contribution in [2.45, 2.75) is 13.1 Å². The summed E-state index contributed by atoms with van der Waals surface area (Å²) in [6, 6.07) is 0. The largest absolute Gasteiger partial charge is 0.407 e. The number of nitrogens with one attached hydrogen (secondary N) is 1. The van der Waals surface area contributed by atoms with Crippen LogP contribution >= 0.6 is 0 Å². The average molecular weight is 166 g/mol. The van der Waals surface area contributed by atoms with Gasteiger partial charge >= 0.3 is 6.18 Å². The molecule has 0 aromatic heterocycles. The summed E-state index contributed by atoms with van der Waals surface area (Å²) in [4.78, 5) is 0. The number of hydrogen-bond acceptors (Lipinski definition) is 2. The monoisotopic (exact) mass is 166 g/mol. The van der Waals surface area contributed by atoms with Crippen molar-refractivity contribution in [2.24, 2.45) is 0 Å². The van der Waals surface area contributed by atoms with Crippen LogP contribution in [0.3, 0.4) is 0 Å². The Morgan fingerprint density at radius 2 is 2.27 bits per heavy atom. The number of rotatable bonds is 1. The van der Waals surface area contributed by atoms with Crippen LogP contribution < -0.4 is 5.43 Å². The van der Waals surface area contributed by atoms with Crippen LogP contribution in [0, 0.1) is 0 Å². The lowest BCUT2D eigenvalue weighted by atomic mass is 10.4. The topological polar surface area (TPSA) is 15.3 Å². The van der Waals surface area contributed by atoms with E-state index in [1.165, 1.54) is 0 Å². The molecule has 0 aromatic rings. The van der Waals surface area contributed by atoms with Gasteiger partial charge in [-0.3, -0.25) is 0 Å². The van der Waals surface area contributed by atoms with Crippen LogP contribution in [0.2, 0.25) is 0 Å². The first kappa shape index (κ1) is 8.39. The predicted octanol–water partition coefficient (Wildman–Crippen LogP) is 1.27. The van der Waals surface area contributed by atoms with Gasteiger partial charge in [-0.05, 0) is 13.0 Å². The zero-order valence-electron chi connectivity index (χ0n) is 6.07. The number of allylic oxidation sites excluding steroid dienone is 1. The Kier molecular flexibility index (Phi) is 2.08. The Hall–Kier alpha value is -0.710. The summed E-state index contributed by atoms with van der Waals surface area (Å²) in [7, 11) is 0. The first-order valence-electron chi connectivity index (χ1n) is 3.23. The zero-order valence-corrected chi connectivity index (χ0v) is 6.07. The van der Waals surface area contributed by atoms with E-state index in [4.69, 9.17) is 0 Å². The van der Waals surface area contributed by atoms with Gasteiger partial charge in [0.1, 0.15) is 6.54 Å². The van der Waals surface area contributed by atoms with Crippen LogP contribution in [0.4, 0.5) is 13.2 Å². The van der Waals surface area contributed by atoms with Gasteiger partial charge in [0.05, 0.1) is 0 Å². The number of hydrogen-bond donors (Lipinski definition) is 1. The fourth-order valence-corrected chi connectivity index (χ4v) is 0.898. The van der Waals surface area contributed by atoms with Crippen molar-refractivity contribution in [1.29, 1.82) is 0 Å². The van der Waals surface area contributed by atoms with Gasteiger partial charge in [0.2, 0.25) is 0 Å². The van der Waals surface area contributed by atoms with Gasteiger partial charge in [-0.15, -0.1) is 0 Å². The molecule has 1 rings (SSSR count). The van der Waals surface area contributed by atoms with Gasteiger partial charge in [0.25, 0.3) is 0 Å². The van der Waals surface area contributed by atoms with E-state index >= 15 is 0 Å². The van der Waals surface area contributed by atoms with E-state index in [9.17, 15) is 13.2 Å². The van der Waals surface area contributed by atoms with Crippen molar-refractivity contribution in [2.75, 3.05) is 13.1 Å². The average Bonchev–Trinajstić information content (AvgIpc) is 2.12. The highest BCUT2D eigenvalue weighted by Crippen LogP contribution is 2.18. The maximum absolute atomic E-state index is 11.8. The third-order valence-corrected chi connectivity index (χ3v) is 1.44. The summed E-state index contributed by atoms with van der Waals surface area (Å²) >= 11 is 0. The summed E-state index contributed by atoms with van der Waals surface area (Å²) in [5.41, 5.74) is 3.21. The standard InChI is InChI=1S/C6H9F3N2/c1-5-2-3-10-11(5)4-6(7,8)9/h2,10H,3-4H2,1H3. The molecule has 0 bridgehead atoms. The van der Waals surface area contributed by atoms with E-state index in [1.807, 2.05) is 0 Å². The third-order valence-electron chi connectivity index (χ3n) is 1.44. The summed E-state index contributed by atoms with van der Waals surface area (Å²) in [6.45, 7) is 1.21. The maximum Gasteiger partial charge on any atom is 0.407 e. The van der Waals surface area contributed by atoms with E-state index in [0.29, 0.717) is 12.2 Å². The van der Waals surface area contributed by atoms with Crippen molar-refractivity contribution >= 4 is 0 Å². The van der Waals surface area contributed by atoms with Crippen molar-refractivity contribution in [3.8, 4) is 0 Å². The molecular weight excluding hydrogens is 157 g/mol. The van der Waals surface area contributed by atoms with Gasteiger partial charge in [-0.1, -0.05) is 0 Å². The van der Waals surface area contributed by atoms with E-state index in [0.717, 1.165) is 5.01 Å². The van der Waals surface area contributed by atoms with E-state index in [-0.39, 0.29) is 0 Å². The molecule has 11 heavy (non-hydrogen) atoms. The van der Waals surface area contributed by atoms with Gasteiger partial charge in [-0.2, -0.15) is 13.2 Å². The summed E-state index contributed by atoms with van der Waals surface area (Å²) < 4.78 is 35.3. The van der Waals surface area contributed by atoms with E-state index in [1.54, 1.807) is 13.0 Å². The lowest BCUT2D eigenvalue weighted by Crippen LogP contribution is -2.38. The molecule has 64 valence electrons. The second-order valence-electron chi connectivity index (χ2n) is 2.41. The molecule has 1 heterocycles. The summed E-state index contributed by atoms with van der Waals surface area (Å²) in [5.74, 6) is 0. The lowest BCUT2D eigenvalue weighted by molar-refractivity contribution is -0.145.